The first-order valence-electron chi connectivity index (χ1n) is 11.3. The molecule has 3 saturated heterocycles. The molecule has 170 valence electrons. The van der Waals surface area contributed by atoms with Gasteiger partial charge in [-0.25, -0.2) is 0 Å². The molecule has 0 aromatic rings. The topological polar surface area (TPSA) is 67.4 Å². The van der Waals surface area contributed by atoms with Gasteiger partial charge in [0.05, 0.1) is 19.8 Å². The fourth-order valence-electron chi connectivity index (χ4n) is 4.43. The van der Waals surface area contributed by atoms with Crippen molar-refractivity contribution < 1.29 is 14.2 Å². The van der Waals surface area contributed by atoms with Crippen molar-refractivity contribution in [3.05, 3.63) is 0 Å². The minimum atomic E-state index is 0. The van der Waals surface area contributed by atoms with E-state index in [1.165, 1.54) is 25.9 Å². The Morgan fingerprint density at radius 3 is 2.62 bits per heavy atom. The molecule has 0 spiro atoms. The summed E-state index contributed by atoms with van der Waals surface area (Å²) in [6.45, 7) is 12.2. The number of nitrogens with one attached hydrogen (secondary N) is 2. The Hall–Kier alpha value is -0.160. The van der Waals surface area contributed by atoms with Gasteiger partial charge in [0, 0.05) is 51.0 Å². The summed E-state index contributed by atoms with van der Waals surface area (Å²) in [6, 6.07) is 0. The van der Waals surface area contributed by atoms with Gasteiger partial charge in [0.25, 0.3) is 0 Å². The summed E-state index contributed by atoms with van der Waals surface area (Å²) in [6.07, 6.45) is 6.95. The second kappa shape index (κ2) is 14.0. The third-order valence-electron chi connectivity index (χ3n) is 6.21. The Kier molecular flexibility index (Phi) is 12.1. The zero-order chi connectivity index (χ0) is 19.5. The number of hydrogen-bond acceptors (Lipinski definition) is 5. The first-order chi connectivity index (χ1) is 13.8. The molecular formula is C21H41IN4O3. The Morgan fingerprint density at radius 2 is 1.93 bits per heavy atom. The summed E-state index contributed by atoms with van der Waals surface area (Å²) in [5, 5.41) is 6.88. The van der Waals surface area contributed by atoms with Gasteiger partial charge in [-0.1, -0.05) is 0 Å². The van der Waals surface area contributed by atoms with Crippen LogP contribution < -0.4 is 10.6 Å². The zero-order valence-corrected chi connectivity index (χ0v) is 20.5. The first-order valence-corrected chi connectivity index (χ1v) is 11.3. The van der Waals surface area contributed by atoms with Gasteiger partial charge in [-0.3, -0.25) is 9.89 Å². The number of halogens is 1. The molecule has 3 heterocycles. The van der Waals surface area contributed by atoms with Gasteiger partial charge in [-0.05, 0) is 58.5 Å². The maximum Gasteiger partial charge on any atom is 0.191 e. The highest BCUT2D eigenvalue weighted by atomic mass is 127. The van der Waals surface area contributed by atoms with Crippen LogP contribution in [0.5, 0.6) is 0 Å². The van der Waals surface area contributed by atoms with E-state index in [2.05, 4.69) is 22.5 Å². The van der Waals surface area contributed by atoms with Crippen LogP contribution in [0.15, 0.2) is 4.99 Å². The zero-order valence-electron chi connectivity index (χ0n) is 18.1. The molecule has 3 fully saturated rings. The van der Waals surface area contributed by atoms with Crippen molar-refractivity contribution in [2.45, 2.75) is 51.0 Å². The molecule has 0 radical (unpaired) electrons. The molecule has 8 heteroatoms. The van der Waals surface area contributed by atoms with Crippen LogP contribution in [-0.2, 0) is 14.2 Å². The average molecular weight is 524 g/mol. The third kappa shape index (κ3) is 8.12. The monoisotopic (exact) mass is 524 g/mol. The van der Waals surface area contributed by atoms with Crippen LogP contribution in [0.3, 0.4) is 0 Å². The molecule has 7 nitrogen and oxygen atoms in total. The molecule has 3 rings (SSSR count). The maximum absolute atomic E-state index is 5.80. The number of nitrogens with zero attached hydrogens (tertiary/aromatic N) is 2. The fourth-order valence-corrected chi connectivity index (χ4v) is 4.43. The van der Waals surface area contributed by atoms with Gasteiger partial charge in [-0.15, -0.1) is 24.0 Å². The van der Waals surface area contributed by atoms with E-state index in [4.69, 9.17) is 19.2 Å². The van der Waals surface area contributed by atoms with E-state index in [0.29, 0.717) is 5.92 Å². The second-order valence-electron chi connectivity index (χ2n) is 8.31. The highest BCUT2D eigenvalue weighted by Crippen LogP contribution is 2.31. The Balaban J connectivity index is 0.00000300. The fraction of sp³-hybridized carbons (Fsp3) is 0.952. The van der Waals surface area contributed by atoms with Crippen molar-refractivity contribution in [1.82, 2.24) is 15.5 Å². The maximum atomic E-state index is 5.80. The Labute approximate surface area is 193 Å². The van der Waals surface area contributed by atoms with Crippen molar-refractivity contribution in [3.8, 4) is 0 Å². The molecular weight excluding hydrogens is 483 g/mol. The molecule has 1 unspecified atom stereocenters. The molecule has 0 saturated carbocycles. The first kappa shape index (κ1) is 25.1. The van der Waals surface area contributed by atoms with Crippen LogP contribution in [0.25, 0.3) is 0 Å². The lowest BCUT2D eigenvalue weighted by Gasteiger charge is -2.43. The Morgan fingerprint density at radius 1 is 1.14 bits per heavy atom. The predicted octanol–water partition coefficient (Wildman–Crippen LogP) is 2.25. The molecule has 0 aromatic carbocycles. The second-order valence-corrected chi connectivity index (χ2v) is 8.31. The molecule has 0 bridgehead atoms. The van der Waals surface area contributed by atoms with Crippen LogP contribution in [0.2, 0.25) is 0 Å². The van der Waals surface area contributed by atoms with Gasteiger partial charge >= 0.3 is 0 Å². The van der Waals surface area contributed by atoms with Crippen molar-refractivity contribution >= 4 is 29.9 Å². The smallest absolute Gasteiger partial charge is 0.191 e. The van der Waals surface area contributed by atoms with E-state index in [0.717, 1.165) is 90.9 Å². The van der Waals surface area contributed by atoms with Crippen molar-refractivity contribution in [3.63, 3.8) is 0 Å². The highest BCUT2D eigenvalue weighted by Gasteiger charge is 2.39. The van der Waals surface area contributed by atoms with Crippen molar-refractivity contribution in [2.75, 3.05) is 72.4 Å². The van der Waals surface area contributed by atoms with E-state index in [1.54, 1.807) is 0 Å². The minimum absolute atomic E-state index is 0. The quantitative estimate of drug-likeness (QED) is 0.198. The molecule has 3 aliphatic rings. The van der Waals surface area contributed by atoms with E-state index < -0.39 is 0 Å². The van der Waals surface area contributed by atoms with Gasteiger partial charge in [-0.2, -0.15) is 0 Å². The third-order valence-corrected chi connectivity index (χ3v) is 6.21. The van der Waals surface area contributed by atoms with Crippen LogP contribution in [-0.4, -0.2) is 88.8 Å². The lowest BCUT2D eigenvalue weighted by atomic mass is 9.88. The summed E-state index contributed by atoms with van der Waals surface area (Å²) >= 11 is 0. The molecule has 0 aliphatic carbocycles. The lowest BCUT2D eigenvalue weighted by molar-refractivity contribution is -0.0139. The average Bonchev–Trinajstić information content (AvgIpc) is 3.44. The van der Waals surface area contributed by atoms with Crippen molar-refractivity contribution in [1.29, 1.82) is 0 Å². The number of hydrogen-bond donors (Lipinski definition) is 2. The minimum Gasteiger partial charge on any atom is -0.381 e. The molecule has 0 aromatic heterocycles. The summed E-state index contributed by atoms with van der Waals surface area (Å²) in [5.41, 5.74) is 0.184. The van der Waals surface area contributed by atoms with E-state index in [9.17, 15) is 0 Å². The number of ether oxygens (including phenoxy) is 3. The molecule has 29 heavy (non-hydrogen) atoms. The number of aliphatic imine (C=N–C) groups is 1. The standard InChI is InChI=1S/C21H40N4O3.HI/c1-2-22-20(23-9-5-12-27-16-19-6-13-28-17-19)24-18-21(7-14-26-15-8-21)25-10-3-4-11-25;/h19H,2-18H2,1H3,(H2,22,23,24);1H. The number of guanidine groups is 1. The SMILES string of the molecule is CCNC(=NCC1(N2CCCC2)CCOCC1)NCCCOCC1CCOC1.I. The van der Waals surface area contributed by atoms with E-state index in [1.807, 2.05) is 0 Å². The normalized spacial score (nSPS) is 25.0. The number of likely N-dealkylation sites (tertiary alicyclic amines) is 1. The lowest BCUT2D eigenvalue weighted by Crippen LogP contribution is -2.54. The summed E-state index contributed by atoms with van der Waals surface area (Å²) in [5.74, 6) is 1.52. The Bertz CT molecular complexity index is 463. The van der Waals surface area contributed by atoms with Gasteiger partial charge in [0.2, 0.25) is 0 Å². The largest absolute Gasteiger partial charge is 0.381 e. The molecule has 1 atom stereocenters. The van der Waals surface area contributed by atoms with Gasteiger partial charge in [0.15, 0.2) is 5.96 Å². The summed E-state index contributed by atoms with van der Waals surface area (Å²) in [4.78, 5) is 7.64. The van der Waals surface area contributed by atoms with Crippen LogP contribution in [0, 0.1) is 5.92 Å². The molecule has 2 N–H and O–H groups in total. The molecule has 3 aliphatic heterocycles. The van der Waals surface area contributed by atoms with E-state index >= 15 is 0 Å². The molecule has 0 amide bonds. The van der Waals surface area contributed by atoms with E-state index in [-0.39, 0.29) is 29.5 Å². The van der Waals surface area contributed by atoms with Crippen LogP contribution in [0.1, 0.15) is 45.4 Å². The predicted molar refractivity (Wildman–Crippen MR) is 127 cm³/mol. The summed E-state index contributed by atoms with van der Waals surface area (Å²) in [7, 11) is 0. The van der Waals surface area contributed by atoms with Crippen LogP contribution in [0.4, 0.5) is 0 Å². The van der Waals surface area contributed by atoms with Crippen molar-refractivity contribution in [2.24, 2.45) is 10.9 Å². The number of rotatable bonds is 10. The van der Waals surface area contributed by atoms with Gasteiger partial charge < -0.3 is 24.8 Å². The van der Waals surface area contributed by atoms with Crippen LogP contribution >= 0.6 is 24.0 Å². The highest BCUT2D eigenvalue weighted by molar-refractivity contribution is 14.0. The summed E-state index contributed by atoms with van der Waals surface area (Å²) < 4.78 is 16.8. The van der Waals surface area contributed by atoms with Gasteiger partial charge in [0.1, 0.15) is 0 Å².